The largest absolute Gasteiger partial charge is 0.480 e. The first-order chi connectivity index (χ1) is 19.1. The van der Waals surface area contributed by atoms with Gasteiger partial charge >= 0.3 is 5.97 Å². The van der Waals surface area contributed by atoms with Crippen molar-refractivity contribution in [2.24, 2.45) is 17.2 Å². The molecule has 0 radical (unpaired) electrons. The molecule has 4 unspecified atom stereocenters. The second-order valence-corrected chi connectivity index (χ2v) is 9.46. The SMILES string of the molecule is NCCCCC(N)C(=O)NC(Cc1ccccc1)C(=O)NC(Cc1ccccc1)C(=O)NC(CC(N)=O)C(=O)O. The zero-order chi connectivity index (χ0) is 29.5. The van der Waals surface area contributed by atoms with Crippen LogP contribution in [-0.2, 0) is 36.8 Å². The fourth-order valence-corrected chi connectivity index (χ4v) is 3.98. The molecule has 12 nitrogen and oxygen atoms in total. The second-order valence-electron chi connectivity index (χ2n) is 9.46. The third-order valence-corrected chi connectivity index (χ3v) is 6.16. The fourth-order valence-electron chi connectivity index (χ4n) is 3.98. The molecule has 4 atom stereocenters. The molecule has 12 heteroatoms. The lowest BCUT2D eigenvalue weighted by Gasteiger charge is -2.25. The van der Waals surface area contributed by atoms with E-state index in [-0.39, 0.29) is 12.8 Å². The molecule has 4 amide bonds. The number of unbranched alkanes of at least 4 members (excludes halogenated alkanes) is 1. The van der Waals surface area contributed by atoms with Crippen molar-refractivity contribution < 1.29 is 29.1 Å². The Kier molecular flexibility index (Phi) is 13.3. The summed E-state index contributed by atoms with van der Waals surface area (Å²) < 4.78 is 0. The molecule has 0 aliphatic rings. The fraction of sp³-hybridized carbons (Fsp3) is 0.393. The van der Waals surface area contributed by atoms with Gasteiger partial charge in [0.25, 0.3) is 0 Å². The zero-order valence-corrected chi connectivity index (χ0v) is 22.3. The molecule has 2 aromatic carbocycles. The van der Waals surface area contributed by atoms with Crippen molar-refractivity contribution in [2.45, 2.75) is 62.7 Å². The number of carbonyl (C=O) groups is 5. The molecule has 0 saturated carbocycles. The highest BCUT2D eigenvalue weighted by Gasteiger charge is 2.31. The zero-order valence-electron chi connectivity index (χ0n) is 22.3. The van der Waals surface area contributed by atoms with Crippen molar-refractivity contribution in [3.05, 3.63) is 71.8 Å². The molecule has 216 valence electrons. The van der Waals surface area contributed by atoms with Gasteiger partial charge in [0, 0.05) is 12.8 Å². The van der Waals surface area contributed by atoms with Gasteiger partial charge in [-0.15, -0.1) is 0 Å². The van der Waals surface area contributed by atoms with Gasteiger partial charge in [0.2, 0.25) is 23.6 Å². The van der Waals surface area contributed by atoms with Crippen LogP contribution in [0.2, 0.25) is 0 Å². The Morgan fingerprint density at radius 2 is 1.15 bits per heavy atom. The minimum atomic E-state index is -1.58. The van der Waals surface area contributed by atoms with Crippen LogP contribution in [0.25, 0.3) is 0 Å². The maximum Gasteiger partial charge on any atom is 0.326 e. The van der Waals surface area contributed by atoms with Gasteiger partial charge in [-0.2, -0.15) is 0 Å². The summed E-state index contributed by atoms with van der Waals surface area (Å²) in [4.78, 5) is 62.4. The Bertz CT molecular complexity index is 1130. The molecule has 0 fully saturated rings. The van der Waals surface area contributed by atoms with E-state index in [2.05, 4.69) is 16.0 Å². The molecular formula is C28H38N6O6. The molecule has 40 heavy (non-hydrogen) atoms. The van der Waals surface area contributed by atoms with Crippen LogP contribution < -0.4 is 33.2 Å². The molecule has 0 spiro atoms. The number of carboxylic acids is 1. The van der Waals surface area contributed by atoms with E-state index < -0.39 is 60.2 Å². The van der Waals surface area contributed by atoms with Crippen LogP contribution in [-0.4, -0.2) is 65.4 Å². The summed E-state index contributed by atoms with van der Waals surface area (Å²) in [6.07, 6.45) is 1.26. The van der Waals surface area contributed by atoms with E-state index >= 15 is 0 Å². The van der Waals surface area contributed by atoms with E-state index in [4.69, 9.17) is 17.2 Å². The Balaban J connectivity index is 2.27. The Morgan fingerprint density at radius 3 is 1.57 bits per heavy atom. The van der Waals surface area contributed by atoms with Gasteiger partial charge in [-0.05, 0) is 30.5 Å². The number of hydrogen-bond acceptors (Lipinski definition) is 7. The van der Waals surface area contributed by atoms with Gasteiger partial charge in [-0.3, -0.25) is 19.2 Å². The number of rotatable bonds is 17. The minimum absolute atomic E-state index is 0.0198. The van der Waals surface area contributed by atoms with Crippen molar-refractivity contribution in [1.29, 1.82) is 0 Å². The van der Waals surface area contributed by atoms with E-state index in [0.717, 1.165) is 5.56 Å². The number of nitrogens with two attached hydrogens (primary N) is 3. The molecule has 0 aliphatic carbocycles. The average Bonchev–Trinajstić information content (AvgIpc) is 2.92. The van der Waals surface area contributed by atoms with Gasteiger partial charge in [0.15, 0.2) is 0 Å². The lowest BCUT2D eigenvalue weighted by atomic mass is 10.0. The molecule has 0 bridgehead atoms. The molecule has 0 aliphatic heterocycles. The highest BCUT2D eigenvalue weighted by molar-refractivity contribution is 5.95. The van der Waals surface area contributed by atoms with Crippen molar-refractivity contribution in [2.75, 3.05) is 6.54 Å². The lowest BCUT2D eigenvalue weighted by Crippen LogP contribution is -2.58. The topological polar surface area (TPSA) is 220 Å². The van der Waals surface area contributed by atoms with Crippen LogP contribution in [0.5, 0.6) is 0 Å². The van der Waals surface area contributed by atoms with E-state index in [0.29, 0.717) is 31.4 Å². The van der Waals surface area contributed by atoms with E-state index in [1.165, 1.54) is 0 Å². The number of nitrogens with one attached hydrogen (secondary N) is 3. The number of carbonyl (C=O) groups excluding carboxylic acids is 4. The highest BCUT2D eigenvalue weighted by Crippen LogP contribution is 2.09. The summed E-state index contributed by atoms with van der Waals surface area (Å²) in [5, 5.41) is 17.0. The normalized spacial score (nSPS) is 13.8. The van der Waals surface area contributed by atoms with Crippen LogP contribution in [0.15, 0.2) is 60.7 Å². The van der Waals surface area contributed by atoms with Crippen molar-refractivity contribution >= 4 is 29.6 Å². The molecule has 0 aromatic heterocycles. The monoisotopic (exact) mass is 554 g/mol. The predicted molar refractivity (Wildman–Crippen MR) is 148 cm³/mol. The Morgan fingerprint density at radius 1 is 0.700 bits per heavy atom. The summed E-state index contributed by atoms with van der Waals surface area (Å²) in [5.74, 6) is -4.37. The lowest BCUT2D eigenvalue weighted by molar-refractivity contribution is -0.143. The molecular weight excluding hydrogens is 516 g/mol. The molecule has 2 rings (SSSR count). The van der Waals surface area contributed by atoms with Crippen molar-refractivity contribution in [3.8, 4) is 0 Å². The van der Waals surface area contributed by atoms with Gasteiger partial charge in [-0.1, -0.05) is 67.1 Å². The Hall–Kier alpha value is -4.29. The standard InChI is InChI=1S/C28H38N6O6/c29-14-8-7-13-20(30)25(36)32-21(15-18-9-3-1-4-10-18)26(37)33-22(16-19-11-5-2-6-12-19)27(38)34-23(28(39)40)17-24(31)35/h1-6,9-12,20-23H,7-8,13-17,29-30H2,(H2,31,35)(H,32,36)(H,33,37)(H,34,38)(H,39,40). The molecule has 0 heterocycles. The van der Waals surface area contributed by atoms with E-state index in [1.807, 2.05) is 6.07 Å². The summed E-state index contributed by atoms with van der Waals surface area (Å²) in [6, 6.07) is 13.0. The van der Waals surface area contributed by atoms with Crippen LogP contribution >= 0.6 is 0 Å². The van der Waals surface area contributed by atoms with Gasteiger partial charge in [-0.25, -0.2) is 4.79 Å². The second kappa shape index (κ2) is 16.6. The molecule has 0 saturated heterocycles. The first-order valence-electron chi connectivity index (χ1n) is 13.1. The number of carboxylic acid groups (broad SMARTS) is 1. The Labute approximate surface area is 233 Å². The van der Waals surface area contributed by atoms with Crippen LogP contribution in [0.1, 0.15) is 36.8 Å². The predicted octanol–water partition coefficient (Wildman–Crippen LogP) is -0.657. The maximum absolute atomic E-state index is 13.5. The average molecular weight is 555 g/mol. The van der Waals surface area contributed by atoms with E-state index in [9.17, 15) is 29.1 Å². The van der Waals surface area contributed by atoms with Crippen molar-refractivity contribution in [1.82, 2.24) is 16.0 Å². The van der Waals surface area contributed by atoms with Crippen molar-refractivity contribution in [3.63, 3.8) is 0 Å². The van der Waals surface area contributed by atoms with Gasteiger partial charge < -0.3 is 38.3 Å². The number of hydrogen-bond donors (Lipinski definition) is 7. The van der Waals surface area contributed by atoms with Gasteiger partial charge in [0.1, 0.15) is 18.1 Å². The molecule has 2 aromatic rings. The number of benzene rings is 2. The third-order valence-electron chi connectivity index (χ3n) is 6.16. The number of amides is 4. The first-order valence-corrected chi connectivity index (χ1v) is 13.1. The summed E-state index contributed by atoms with van der Waals surface area (Å²) in [7, 11) is 0. The maximum atomic E-state index is 13.5. The summed E-state index contributed by atoms with van der Waals surface area (Å²) >= 11 is 0. The number of aliphatic carboxylic acids is 1. The minimum Gasteiger partial charge on any atom is -0.480 e. The molecule has 10 N–H and O–H groups in total. The summed E-state index contributed by atoms with van der Waals surface area (Å²) in [6.45, 7) is 0.473. The third kappa shape index (κ3) is 11.2. The summed E-state index contributed by atoms with van der Waals surface area (Å²) in [5.41, 5.74) is 18.1. The van der Waals surface area contributed by atoms with Gasteiger partial charge in [0.05, 0.1) is 12.5 Å². The number of primary amides is 1. The first kappa shape index (κ1) is 31.9. The quantitative estimate of drug-likeness (QED) is 0.124. The highest BCUT2D eigenvalue weighted by atomic mass is 16.4. The van der Waals surface area contributed by atoms with Crippen LogP contribution in [0, 0.1) is 0 Å². The van der Waals surface area contributed by atoms with Crippen LogP contribution in [0.4, 0.5) is 0 Å². The van der Waals surface area contributed by atoms with E-state index in [1.54, 1.807) is 54.6 Å². The van der Waals surface area contributed by atoms with Crippen LogP contribution in [0.3, 0.4) is 0 Å². The smallest absolute Gasteiger partial charge is 0.326 e.